The van der Waals surface area contributed by atoms with Crippen molar-refractivity contribution in [2.24, 2.45) is 0 Å². The van der Waals surface area contributed by atoms with Crippen LogP contribution in [0.2, 0.25) is 5.02 Å². The van der Waals surface area contributed by atoms with E-state index in [0.29, 0.717) is 30.8 Å². The van der Waals surface area contributed by atoms with Crippen LogP contribution >= 0.6 is 11.6 Å². The number of aromatic nitrogens is 2. The van der Waals surface area contributed by atoms with Gasteiger partial charge in [0, 0.05) is 48.7 Å². The maximum absolute atomic E-state index is 14.7. The van der Waals surface area contributed by atoms with Crippen LogP contribution in [0.5, 0.6) is 0 Å². The second-order valence-electron chi connectivity index (χ2n) is 7.41. The van der Waals surface area contributed by atoms with Gasteiger partial charge < -0.3 is 10.1 Å². The van der Waals surface area contributed by atoms with Crippen LogP contribution in [0.1, 0.15) is 28.9 Å². The molecule has 1 fully saturated rings. The van der Waals surface area contributed by atoms with Gasteiger partial charge in [-0.25, -0.2) is 8.78 Å². The Morgan fingerprint density at radius 3 is 2.90 bits per heavy atom. The van der Waals surface area contributed by atoms with Crippen LogP contribution in [0.3, 0.4) is 0 Å². The van der Waals surface area contributed by atoms with Crippen LogP contribution in [0.25, 0.3) is 11.0 Å². The summed E-state index contributed by atoms with van der Waals surface area (Å²) in [6.07, 6.45) is 2.83. The van der Waals surface area contributed by atoms with E-state index in [-0.39, 0.29) is 28.8 Å². The summed E-state index contributed by atoms with van der Waals surface area (Å²) < 4.78 is 34.4. The Kier molecular flexibility index (Phi) is 6.41. The smallest absolute Gasteiger partial charge is 0.253 e. The van der Waals surface area contributed by atoms with E-state index in [2.05, 4.69) is 15.3 Å². The third-order valence-electron chi connectivity index (χ3n) is 5.29. The van der Waals surface area contributed by atoms with Gasteiger partial charge >= 0.3 is 0 Å². The predicted molar refractivity (Wildman–Crippen MR) is 113 cm³/mol. The fraction of sp³-hybridized carbons (Fsp3) is 0.318. The Morgan fingerprint density at radius 2 is 2.13 bits per heavy atom. The Balaban J connectivity index is 1.63. The van der Waals surface area contributed by atoms with Crippen molar-refractivity contribution in [3.63, 3.8) is 0 Å². The first-order valence-electron chi connectivity index (χ1n) is 9.92. The maximum Gasteiger partial charge on any atom is 0.253 e. The highest BCUT2D eigenvalue weighted by molar-refractivity contribution is 6.31. The molecule has 6 nitrogen and oxygen atoms in total. The highest BCUT2D eigenvalue weighted by Gasteiger charge is 2.30. The molecule has 1 aliphatic heterocycles. The van der Waals surface area contributed by atoms with Crippen molar-refractivity contribution in [2.45, 2.75) is 19.1 Å². The molecule has 0 saturated carbocycles. The fourth-order valence-corrected chi connectivity index (χ4v) is 4.16. The number of carbonyl (C=O) groups is 1. The van der Waals surface area contributed by atoms with Crippen molar-refractivity contribution in [3.8, 4) is 0 Å². The van der Waals surface area contributed by atoms with Gasteiger partial charge in [0.2, 0.25) is 0 Å². The van der Waals surface area contributed by atoms with E-state index in [4.69, 9.17) is 16.3 Å². The van der Waals surface area contributed by atoms with E-state index in [1.807, 2.05) is 11.8 Å². The summed E-state index contributed by atoms with van der Waals surface area (Å²) in [5.41, 5.74) is 0.949. The highest BCUT2D eigenvalue weighted by atomic mass is 35.5. The van der Waals surface area contributed by atoms with Crippen molar-refractivity contribution in [2.75, 3.05) is 26.2 Å². The zero-order valence-electron chi connectivity index (χ0n) is 16.8. The minimum Gasteiger partial charge on any atom is -0.376 e. The standard InChI is InChI=1S/C22H21ClF2N4O2/c1-13-12-29(7-8-31-13)19(20-16(23)3-2-4-17(20)25)11-28-22(30)15-9-14(24)10-18-21(15)27-6-5-26-18/h2-6,9-10,13,19H,7-8,11-12H2,1H3,(H,28,30). The number of nitrogens with zero attached hydrogens (tertiary/aromatic N) is 3. The molecule has 3 aromatic rings. The van der Waals surface area contributed by atoms with Crippen LogP contribution in [-0.2, 0) is 4.74 Å². The topological polar surface area (TPSA) is 67.4 Å². The second kappa shape index (κ2) is 9.21. The lowest BCUT2D eigenvalue weighted by Crippen LogP contribution is -2.47. The number of rotatable bonds is 5. The summed E-state index contributed by atoms with van der Waals surface area (Å²) in [7, 11) is 0. The number of morpholine rings is 1. The van der Waals surface area contributed by atoms with Gasteiger partial charge in [-0.2, -0.15) is 0 Å². The fourth-order valence-electron chi connectivity index (χ4n) is 3.87. The number of carbonyl (C=O) groups excluding carboxylic acids is 1. The lowest BCUT2D eigenvalue weighted by Gasteiger charge is -2.38. The van der Waals surface area contributed by atoms with Crippen molar-refractivity contribution < 1.29 is 18.3 Å². The molecular weight excluding hydrogens is 426 g/mol. The number of hydrogen-bond donors (Lipinski definition) is 1. The molecule has 0 spiro atoms. The lowest BCUT2D eigenvalue weighted by molar-refractivity contribution is -0.0346. The van der Waals surface area contributed by atoms with Crippen LogP contribution in [0.4, 0.5) is 8.78 Å². The van der Waals surface area contributed by atoms with Crippen molar-refractivity contribution in [1.29, 1.82) is 0 Å². The predicted octanol–water partition coefficient (Wildman–Crippen LogP) is 3.75. The third kappa shape index (κ3) is 4.66. The average Bonchev–Trinajstić information content (AvgIpc) is 2.75. The van der Waals surface area contributed by atoms with Crippen molar-refractivity contribution in [1.82, 2.24) is 20.2 Å². The Morgan fingerprint density at radius 1 is 1.32 bits per heavy atom. The van der Waals surface area contributed by atoms with Crippen LogP contribution in [0, 0.1) is 11.6 Å². The summed E-state index contributed by atoms with van der Waals surface area (Å²) in [6, 6.07) is 6.32. The number of nitrogens with one attached hydrogen (secondary N) is 1. The number of halogens is 3. The Labute approximate surface area is 183 Å². The molecule has 31 heavy (non-hydrogen) atoms. The van der Waals surface area contributed by atoms with Crippen molar-refractivity contribution >= 4 is 28.5 Å². The molecular formula is C22H21ClF2N4O2. The zero-order valence-corrected chi connectivity index (χ0v) is 17.6. The first-order valence-corrected chi connectivity index (χ1v) is 10.3. The van der Waals surface area contributed by atoms with E-state index < -0.39 is 23.6 Å². The molecule has 9 heteroatoms. The molecule has 2 aromatic carbocycles. The summed E-state index contributed by atoms with van der Waals surface area (Å²) in [6.45, 7) is 3.61. The molecule has 4 rings (SSSR count). The maximum atomic E-state index is 14.7. The van der Waals surface area contributed by atoms with E-state index in [9.17, 15) is 13.6 Å². The molecule has 0 radical (unpaired) electrons. The summed E-state index contributed by atoms with van der Waals surface area (Å²) in [4.78, 5) is 23.2. The molecule has 2 atom stereocenters. The summed E-state index contributed by atoms with van der Waals surface area (Å²) >= 11 is 6.33. The zero-order chi connectivity index (χ0) is 22.0. The quantitative estimate of drug-likeness (QED) is 0.646. The van der Waals surface area contributed by atoms with Gasteiger partial charge in [0.1, 0.15) is 17.2 Å². The van der Waals surface area contributed by atoms with Gasteiger partial charge in [0.15, 0.2) is 0 Å². The van der Waals surface area contributed by atoms with E-state index in [0.717, 1.165) is 6.07 Å². The van der Waals surface area contributed by atoms with E-state index in [1.54, 1.807) is 6.07 Å². The SMILES string of the molecule is CC1CN(C(CNC(=O)c2cc(F)cc3nccnc23)c2c(F)cccc2Cl)CCO1. The van der Waals surface area contributed by atoms with Crippen LogP contribution in [0.15, 0.2) is 42.7 Å². The second-order valence-corrected chi connectivity index (χ2v) is 7.82. The molecule has 1 N–H and O–H groups in total. The summed E-state index contributed by atoms with van der Waals surface area (Å²) in [5.74, 6) is -1.56. The molecule has 1 saturated heterocycles. The van der Waals surface area contributed by atoms with Gasteiger partial charge in [-0.3, -0.25) is 19.7 Å². The molecule has 1 aliphatic rings. The molecule has 0 bridgehead atoms. The lowest BCUT2D eigenvalue weighted by atomic mass is 10.0. The Hall–Kier alpha value is -2.68. The van der Waals surface area contributed by atoms with Gasteiger partial charge in [-0.1, -0.05) is 17.7 Å². The summed E-state index contributed by atoms with van der Waals surface area (Å²) in [5, 5.41) is 3.08. The third-order valence-corrected chi connectivity index (χ3v) is 5.61. The normalized spacial score (nSPS) is 18.1. The Bertz CT molecular complexity index is 1090. The minimum absolute atomic E-state index is 0.0417. The highest BCUT2D eigenvalue weighted by Crippen LogP contribution is 2.31. The number of benzene rings is 2. The first kappa shape index (κ1) is 21.5. The number of amides is 1. The molecule has 2 unspecified atom stereocenters. The van der Waals surface area contributed by atoms with Crippen molar-refractivity contribution in [3.05, 3.63) is 70.5 Å². The monoisotopic (exact) mass is 446 g/mol. The van der Waals surface area contributed by atoms with E-state index >= 15 is 0 Å². The van der Waals surface area contributed by atoms with Gasteiger partial charge in [0.25, 0.3) is 5.91 Å². The molecule has 0 aliphatic carbocycles. The minimum atomic E-state index is -0.589. The molecule has 2 heterocycles. The molecule has 162 valence electrons. The number of fused-ring (bicyclic) bond motifs is 1. The first-order chi connectivity index (χ1) is 14.9. The largest absolute Gasteiger partial charge is 0.376 e. The molecule has 1 amide bonds. The van der Waals surface area contributed by atoms with Gasteiger partial charge in [0.05, 0.1) is 29.8 Å². The van der Waals surface area contributed by atoms with Gasteiger partial charge in [-0.05, 0) is 25.1 Å². The van der Waals surface area contributed by atoms with E-state index in [1.165, 1.54) is 30.6 Å². The average molecular weight is 447 g/mol. The van der Waals surface area contributed by atoms with Crippen LogP contribution in [-0.4, -0.2) is 53.1 Å². The number of hydrogen-bond acceptors (Lipinski definition) is 5. The van der Waals surface area contributed by atoms with Crippen LogP contribution < -0.4 is 5.32 Å². The number of ether oxygens (including phenoxy) is 1. The molecule has 1 aromatic heterocycles. The van der Waals surface area contributed by atoms with Gasteiger partial charge in [-0.15, -0.1) is 0 Å².